The van der Waals surface area contributed by atoms with Crippen LogP contribution in [0.2, 0.25) is 0 Å². The lowest BCUT2D eigenvalue weighted by molar-refractivity contribution is 0.0935. The fourth-order valence-corrected chi connectivity index (χ4v) is 3.52. The van der Waals surface area contributed by atoms with Gasteiger partial charge in [0.1, 0.15) is 5.76 Å². The van der Waals surface area contributed by atoms with E-state index in [-0.39, 0.29) is 29.5 Å². The molecule has 136 valence electrons. The standard InChI is InChI=1S/C17H22N2O5S/c1-12(11-23-3)19-25(21,22)15-8-6-14(7-9-15)17(20)18-13(2)16-5-4-10-24-16/h4-10,12-13,19H,11H2,1-3H3,(H,18,20)/t12-,13+/m0/s1. The first-order valence-corrected chi connectivity index (χ1v) is 9.27. The van der Waals surface area contributed by atoms with E-state index < -0.39 is 10.0 Å². The summed E-state index contributed by atoms with van der Waals surface area (Å²) in [5.74, 6) is 0.331. The smallest absolute Gasteiger partial charge is 0.251 e. The summed E-state index contributed by atoms with van der Waals surface area (Å²) in [6.45, 7) is 3.78. The lowest BCUT2D eigenvalue weighted by atomic mass is 10.2. The Labute approximate surface area is 147 Å². The molecule has 1 aromatic carbocycles. The van der Waals surface area contributed by atoms with Crippen LogP contribution >= 0.6 is 0 Å². The number of rotatable bonds is 8. The topological polar surface area (TPSA) is 97.6 Å². The number of carbonyl (C=O) groups is 1. The third kappa shape index (κ3) is 5.15. The van der Waals surface area contributed by atoms with Gasteiger partial charge in [0, 0.05) is 18.7 Å². The van der Waals surface area contributed by atoms with Crippen molar-refractivity contribution in [3.63, 3.8) is 0 Å². The van der Waals surface area contributed by atoms with Gasteiger partial charge < -0.3 is 14.5 Å². The maximum absolute atomic E-state index is 12.3. The average Bonchev–Trinajstić information content (AvgIpc) is 3.09. The van der Waals surface area contributed by atoms with Crippen molar-refractivity contribution >= 4 is 15.9 Å². The number of sulfonamides is 1. The number of ether oxygens (including phenoxy) is 1. The first-order chi connectivity index (χ1) is 11.8. The molecular formula is C17H22N2O5S. The molecule has 2 rings (SSSR count). The molecule has 7 nitrogen and oxygen atoms in total. The third-order valence-corrected chi connectivity index (χ3v) is 5.12. The Kier molecular flexibility index (Phi) is 6.35. The molecule has 1 aromatic heterocycles. The predicted octanol–water partition coefficient (Wildman–Crippen LogP) is 2.08. The first kappa shape index (κ1) is 19.2. The van der Waals surface area contributed by atoms with Gasteiger partial charge in [0.05, 0.1) is 23.8 Å². The summed E-state index contributed by atoms with van der Waals surface area (Å²) in [6, 6.07) is 8.61. The van der Waals surface area contributed by atoms with Gasteiger partial charge in [-0.2, -0.15) is 0 Å². The van der Waals surface area contributed by atoms with Crippen LogP contribution < -0.4 is 10.0 Å². The van der Waals surface area contributed by atoms with Crippen LogP contribution in [0.25, 0.3) is 0 Å². The first-order valence-electron chi connectivity index (χ1n) is 7.79. The maximum atomic E-state index is 12.3. The molecule has 2 atom stereocenters. The molecule has 0 aliphatic heterocycles. The fraction of sp³-hybridized carbons (Fsp3) is 0.353. The number of amides is 1. The number of benzene rings is 1. The van der Waals surface area contributed by atoms with E-state index in [1.165, 1.54) is 37.6 Å². The van der Waals surface area contributed by atoms with Crippen molar-refractivity contribution in [3.8, 4) is 0 Å². The Morgan fingerprint density at radius 1 is 1.20 bits per heavy atom. The number of hydrogen-bond acceptors (Lipinski definition) is 5. The van der Waals surface area contributed by atoms with E-state index in [1.54, 1.807) is 26.0 Å². The van der Waals surface area contributed by atoms with Gasteiger partial charge in [0.25, 0.3) is 5.91 Å². The van der Waals surface area contributed by atoms with Gasteiger partial charge in [0.2, 0.25) is 10.0 Å². The monoisotopic (exact) mass is 366 g/mol. The Morgan fingerprint density at radius 2 is 1.88 bits per heavy atom. The average molecular weight is 366 g/mol. The summed E-state index contributed by atoms with van der Waals surface area (Å²) in [4.78, 5) is 12.3. The van der Waals surface area contributed by atoms with Gasteiger partial charge in [-0.25, -0.2) is 13.1 Å². The zero-order chi connectivity index (χ0) is 18.4. The summed E-state index contributed by atoms with van der Waals surface area (Å²) in [7, 11) is -2.16. The highest BCUT2D eigenvalue weighted by Crippen LogP contribution is 2.15. The van der Waals surface area contributed by atoms with Crippen LogP contribution in [0.4, 0.5) is 0 Å². The van der Waals surface area contributed by atoms with E-state index in [2.05, 4.69) is 10.0 Å². The largest absolute Gasteiger partial charge is 0.467 e. The minimum Gasteiger partial charge on any atom is -0.467 e. The van der Waals surface area contributed by atoms with E-state index in [1.807, 2.05) is 0 Å². The summed E-state index contributed by atoms with van der Waals surface area (Å²) < 4.78 is 37.2. The molecule has 0 unspecified atom stereocenters. The van der Waals surface area contributed by atoms with Crippen LogP contribution in [0.5, 0.6) is 0 Å². The molecule has 0 radical (unpaired) electrons. The van der Waals surface area contributed by atoms with Gasteiger partial charge >= 0.3 is 0 Å². The molecule has 0 bridgehead atoms. The Bertz CT molecular complexity index is 785. The highest BCUT2D eigenvalue weighted by molar-refractivity contribution is 7.89. The molecular weight excluding hydrogens is 344 g/mol. The van der Waals surface area contributed by atoms with Crippen LogP contribution in [0, 0.1) is 0 Å². The number of furan rings is 1. The Morgan fingerprint density at radius 3 is 2.44 bits per heavy atom. The molecule has 2 aromatic rings. The molecule has 0 saturated carbocycles. The lowest BCUT2D eigenvalue weighted by Crippen LogP contribution is -2.35. The second-order valence-electron chi connectivity index (χ2n) is 5.71. The van der Waals surface area contributed by atoms with Gasteiger partial charge in [-0.05, 0) is 50.2 Å². The van der Waals surface area contributed by atoms with E-state index >= 15 is 0 Å². The van der Waals surface area contributed by atoms with Crippen LogP contribution in [0.3, 0.4) is 0 Å². The minimum atomic E-state index is -3.66. The minimum absolute atomic E-state index is 0.0890. The van der Waals surface area contributed by atoms with Crippen LogP contribution in [0.15, 0.2) is 52.0 Å². The number of carbonyl (C=O) groups excluding carboxylic acids is 1. The van der Waals surface area contributed by atoms with Crippen LogP contribution in [0.1, 0.15) is 36.0 Å². The second kappa shape index (κ2) is 8.28. The number of nitrogens with one attached hydrogen (secondary N) is 2. The van der Waals surface area contributed by atoms with Crippen molar-refractivity contribution in [1.82, 2.24) is 10.0 Å². The molecule has 0 fully saturated rings. The van der Waals surface area contributed by atoms with E-state index in [9.17, 15) is 13.2 Å². The molecule has 1 amide bonds. The normalized spacial score (nSPS) is 14.0. The van der Waals surface area contributed by atoms with Crippen molar-refractivity contribution in [2.45, 2.75) is 30.8 Å². The third-order valence-electron chi connectivity index (χ3n) is 3.52. The number of hydrogen-bond donors (Lipinski definition) is 2. The Balaban J connectivity index is 2.04. The molecule has 1 heterocycles. The zero-order valence-electron chi connectivity index (χ0n) is 14.4. The molecule has 25 heavy (non-hydrogen) atoms. The summed E-state index contributed by atoms with van der Waals surface area (Å²) >= 11 is 0. The molecule has 0 saturated heterocycles. The second-order valence-corrected chi connectivity index (χ2v) is 7.43. The van der Waals surface area contributed by atoms with Crippen molar-refractivity contribution in [2.24, 2.45) is 0 Å². The van der Waals surface area contributed by atoms with Crippen molar-refractivity contribution < 1.29 is 22.4 Å². The van der Waals surface area contributed by atoms with E-state index in [4.69, 9.17) is 9.15 Å². The van der Waals surface area contributed by atoms with E-state index in [0.29, 0.717) is 11.3 Å². The molecule has 0 aliphatic carbocycles. The summed E-state index contributed by atoms with van der Waals surface area (Å²) in [5.41, 5.74) is 0.363. The fourth-order valence-electron chi connectivity index (χ4n) is 2.29. The molecule has 2 N–H and O–H groups in total. The summed E-state index contributed by atoms with van der Waals surface area (Å²) in [6.07, 6.45) is 1.54. The molecule has 0 spiro atoms. The quantitative estimate of drug-likeness (QED) is 0.745. The van der Waals surface area contributed by atoms with Gasteiger partial charge in [-0.3, -0.25) is 4.79 Å². The highest BCUT2D eigenvalue weighted by atomic mass is 32.2. The maximum Gasteiger partial charge on any atom is 0.251 e. The van der Waals surface area contributed by atoms with Crippen molar-refractivity contribution in [1.29, 1.82) is 0 Å². The van der Waals surface area contributed by atoms with Gasteiger partial charge in [-0.15, -0.1) is 0 Å². The van der Waals surface area contributed by atoms with Crippen molar-refractivity contribution in [2.75, 3.05) is 13.7 Å². The molecule has 8 heteroatoms. The lowest BCUT2D eigenvalue weighted by Gasteiger charge is -2.14. The van der Waals surface area contributed by atoms with Gasteiger partial charge in [-0.1, -0.05) is 0 Å². The Hall–Kier alpha value is -2.16. The van der Waals surface area contributed by atoms with Crippen LogP contribution in [-0.4, -0.2) is 34.1 Å². The summed E-state index contributed by atoms with van der Waals surface area (Å²) in [5, 5.41) is 2.79. The zero-order valence-corrected chi connectivity index (χ0v) is 15.2. The number of methoxy groups -OCH3 is 1. The predicted molar refractivity (Wildman–Crippen MR) is 92.7 cm³/mol. The van der Waals surface area contributed by atoms with Crippen molar-refractivity contribution in [3.05, 3.63) is 54.0 Å². The SMILES string of the molecule is COC[C@H](C)NS(=O)(=O)c1ccc(C(=O)N[C@H](C)c2ccco2)cc1. The van der Waals surface area contributed by atoms with Gasteiger partial charge in [0.15, 0.2) is 0 Å². The highest BCUT2D eigenvalue weighted by Gasteiger charge is 2.18. The molecule has 0 aliphatic rings. The van der Waals surface area contributed by atoms with Crippen LogP contribution in [-0.2, 0) is 14.8 Å². The van der Waals surface area contributed by atoms with E-state index in [0.717, 1.165) is 0 Å².